The number of fused-ring (bicyclic) bond motifs is 4. The van der Waals surface area contributed by atoms with Gasteiger partial charge in [0.1, 0.15) is 11.2 Å². The van der Waals surface area contributed by atoms with E-state index in [1.54, 1.807) is 0 Å². The topological polar surface area (TPSA) is 16.4 Å². The smallest absolute Gasteiger partial charge is 0.143 e. The van der Waals surface area contributed by atoms with Crippen molar-refractivity contribution < 1.29 is 4.42 Å². The van der Waals surface area contributed by atoms with Gasteiger partial charge in [-0.1, -0.05) is 188 Å². The zero-order valence-corrected chi connectivity index (χ0v) is 32.9. The molecule has 282 valence electrons. The fourth-order valence-electron chi connectivity index (χ4n) is 8.75. The van der Waals surface area contributed by atoms with Gasteiger partial charge in [-0.25, -0.2) is 0 Å². The highest BCUT2D eigenvalue weighted by atomic mass is 16.3. The molecule has 0 N–H and O–H groups in total. The molecule has 0 bridgehead atoms. The number of nitrogens with zero attached hydrogens (tertiary/aromatic N) is 1. The summed E-state index contributed by atoms with van der Waals surface area (Å²) in [5.41, 5.74) is 16.7. The van der Waals surface area contributed by atoms with E-state index in [2.05, 4.69) is 235 Å². The van der Waals surface area contributed by atoms with Gasteiger partial charge >= 0.3 is 0 Å². The van der Waals surface area contributed by atoms with E-state index in [1.807, 2.05) is 6.07 Å². The highest BCUT2D eigenvalue weighted by molar-refractivity contribution is 6.11. The second-order valence-corrected chi connectivity index (χ2v) is 15.3. The second-order valence-electron chi connectivity index (χ2n) is 15.3. The molecule has 0 saturated carbocycles. The van der Waals surface area contributed by atoms with E-state index in [0.29, 0.717) is 0 Å². The lowest BCUT2D eigenvalue weighted by Crippen LogP contribution is -2.10. The molecule has 2 heteroatoms. The summed E-state index contributed by atoms with van der Waals surface area (Å²) in [5.74, 6) is 0. The number of hydrogen-bond donors (Lipinski definition) is 0. The zero-order chi connectivity index (χ0) is 39.8. The normalized spacial score (nSPS) is 11.3. The molecule has 60 heavy (non-hydrogen) atoms. The first kappa shape index (κ1) is 35.2. The van der Waals surface area contributed by atoms with Gasteiger partial charge in [0.25, 0.3) is 0 Å². The van der Waals surface area contributed by atoms with E-state index in [9.17, 15) is 0 Å². The minimum absolute atomic E-state index is 0.898. The van der Waals surface area contributed by atoms with Crippen molar-refractivity contribution in [2.45, 2.75) is 0 Å². The van der Waals surface area contributed by atoms with E-state index >= 15 is 0 Å². The maximum Gasteiger partial charge on any atom is 0.143 e. The van der Waals surface area contributed by atoms with Gasteiger partial charge in [-0.15, -0.1) is 0 Å². The van der Waals surface area contributed by atoms with Gasteiger partial charge in [-0.05, 0) is 109 Å². The molecular formula is C58H39NO. The average Bonchev–Trinajstić information content (AvgIpc) is 3.72. The van der Waals surface area contributed by atoms with E-state index < -0.39 is 0 Å². The molecule has 0 unspecified atom stereocenters. The number of rotatable bonds is 8. The predicted molar refractivity (Wildman–Crippen MR) is 253 cm³/mol. The standard InChI is InChI=1S/C58H39NO/c1-3-14-40(15-4-1)45-20-11-21-49(38-45)59(48-35-30-44(31-36-48)51-24-12-19-43-18-7-8-22-50(43)51)47-33-28-41(29-34-47)46-32-37-52(42-16-5-2-6-17-42)56(39-46)55-26-13-25-54-53-23-9-10-27-57(53)60-58(54)55/h1-39H. The Labute approximate surface area is 349 Å². The van der Waals surface area contributed by atoms with Crippen molar-refractivity contribution in [3.8, 4) is 55.6 Å². The maximum atomic E-state index is 6.58. The van der Waals surface area contributed by atoms with Crippen LogP contribution < -0.4 is 4.90 Å². The fraction of sp³-hybridized carbons (Fsp3) is 0. The highest BCUT2D eigenvalue weighted by Crippen LogP contribution is 2.43. The van der Waals surface area contributed by atoms with Gasteiger partial charge in [-0.3, -0.25) is 0 Å². The molecule has 0 spiro atoms. The SMILES string of the molecule is c1ccc(-c2cccc(N(c3ccc(-c4ccc(-c5ccccc5)c(-c5cccc6c5oc5ccccc56)c4)cc3)c3ccc(-c4cccc5ccccc45)cc3)c2)cc1. The lowest BCUT2D eigenvalue weighted by atomic mass is 9.90. The fourth-order valence-corrected chi connectivity index (χ4v) is 8.75. The van der Waals surface area contributed by atoms with Crippen LogP contribution in [0.15, 0.2) is 241 Å². The summed E-state index contributed by atoms with van der Waals surface area (Å²) in [6.45, 7) is 0. The third-order valence-electron chi connectivity index (χ3n) is 11.7. The maximum absolute atomic E-state index is 6.58. The third-order valence-corrected chi connectivity index (χ3v) is 11.7. The largest absolute Gasteiger partial charge is 0.455 e. The predicted octanol–water partition coefficient (Wildman–Crippen LogP) is 16.5. The van der Waals surface area contributed by atoms with Crippen LogP contribution in [0.5, 0.6) is 0 Å². The summed E-state index contributed by atoms with van der Waals surface area (Å²) < 4.78 is 6.58. The van der Waals surface area contributed by atoms with Crippen molar-refractivity contribution in [3.05, 3.63) is 237 Å². The molecule has 1 aromatic heterocycles. The average molecular weight is 766 g/mol. The van der Waals surface area contributed by atoms with Crippen molar-refractivity contribution in [2.24, 2.45) is 0 Å². The Morgan fingerprint density at radius 3 is 1.57 bits per heavy atom. The Bertz CT molecular complexity index is 3290. The first-order valence-corrected chi connectivity index (χ1v) is 20.5. The van der Waals surface area contributed by atoms with Crippen LogP contribution in [0.4, 0.5) is 17.1 Å². The molecule has 0 aliphatic heterocycles. The van der Waals surface area contributed by atoms with Gasteiger partial charge < -0.3 is 9.32 Å². The van der Waals surface area contributed by atoms with Crippen molar-refractivity contribution in [2.75, 3.05) is 4.90 Å². The molecular weight excluding hydrogens is 727 g/mol. The molecule has 10 aromatic carbocycles. The van der Waals surface area contributed by atoms with E-state index in [0.717, 1.165) is 61.3 Å². The lowest BCUT2D eigenvalue weighted by molar-refractivity contribution is 0.670. The molecule has 0 atom stereocenters. The van der Waals surface area contributed by atoms with Crippen LogP contribution in [0.2, 0.25) is 0 Å². The molecule has 11 rings (SSSR count). The van der Waals surface area contributed by atoms with Gasteiger partial charge in [0.2, 0.25) is 0 Å². The van der Waals surface area contributed by atoms with Gasteiger partial charge in [0.15, 0.2) is 0 Å². The molecule has 1 heterocycles. The van der Waals surface area contributed by atoms with Gasteiger partial charge in [0, 0.05) is 33.4 Å². The Hall–Kier alpha value is -7.94. The number of para-hydroxylation sites is 2. The molecule has 0 aliphatic carbocycles. The van der Waals surface area contributed by atoms with E-state index in [1.165, 1.54) is 44.2 Å². The minimum Gasteiger partial charge on any atom is -0.455 e. The molecule has 0 radical (unpaired) electrons. The minimum atomic E-state index is 0.898. The first-order valence-electron chi connectivity index (χ1n) is 20.5. The number of anilines is 3. The van der Waals surface area contributed by atoms with Crippen molar-refractivity contribution >= 4 is 49.8 Å². The Kier molecular flexibility index (Phi) is 8.87. The van der Waals surface area contributed by atoms with Crippen LogP contribution in [-0.2, 0) is 0 Å². The van der Waals surface area contributed by atoms with Crippen LogP contribution in [0, 0.1) is 0 Å². The summed E-state index contributed by atoms with van der Waals surface area (Å²) in [4.78, 5) is 2.36. The summed E-state index contributed by atoms with van der Waals surface area (Å²) in [5, 5.41) is 4.75. The summed E-state index contributed by atoms with van der Waals surface area (Å²) >= 11 is 0. The Morgan fingerprint density at radius 2 is 0.783 bits per heavy atom. The van der Waals surface area contributed by atoms with Crippen LogP contribution in [0.3, 0.4) is 0 Å². The van der Waals surface area contributed by atoms with E-state index in [-0.39, 0.29) is 0 Å². The van der Waals surface area contributed by atoms with Crippen molar-refractivity contribution in [1.82, 2.24) is 0 Å². The molecule has 0 fully saturated rings. The molecule has 11 aromatic rings. The summed E-state index contributed by atoms with van der Waals surface area (Å²) in [6.07, 6.45) is 0. The Morgan fingerprint density at radius 1 is 0.267 bits per heavy atom. The third kappa shape index (κ3) is 6.41. The monoisotopic (exact) mass is 765 g/mol. The van der Waals surface area contributed by atoms with Crippen LogP contribution in [0.25, 0.3) is 88.3 Å². The number of hydrogen-bond acceptors (Lipinski definition) is 2. The molecule has 0 saturated heterocycles. The summed E-state index contributed by atoms with van der Waals surface area (Å²) in [7, 11) is 0. The quantitative estimate of drug-likeness (QED) is 0.153. The van der Waals surface area contributed by atoms with Crippen molar-refractivity contribution in [3.63, 3.8) is 0 Å². The van der Waals surface area contributed by atoms with Gasteiger partial charge in [0.05, 0.1) is 0 Å². The molecule has 0 aliphatic rings. The molecule has 0 amide bonds. The lowest BCUT2D eigenvalue weighted by Gasteiger charge is -2.26. The number of furan rings is 1. The highest BCUT2D eigenvalue weighted by Gasteiger charge is 2.18. The van der Waals surface area contributed by atoms with Crippen molar-refractivity contribution in [1.29, 1.82) is 0 Å². The van der Waals surface area contributed by atoms with Crippen LogP contribution in [-0.4, -0.2) is 0 Å². The van der Waals surface area contributed by atoms with Gasteiger partial charge in [-0.2, -0.15) is 0 Å². The van der Waals surface area contributed by atoms with Crippen LogP contribution >= 0.6 is 0 Å². The molecule has 2 nitrogen and oxygen atoms in total. The second kappa shape index (κ2) is 15.1. The summed E-state index contributed by atoms with van der Waals surface area (Å²) in [6, 6.07) is 84.8. The van der Waals surface area contributed by atoms with Crippen LogP contribution in [0.1, 0.15) is 0 Å². The zero-order valence-electron chi connectivity index (χ0n) is 32.9. The first-order chi connectivity index (χ1) is 29.7. The number of benzene rings is 10. The van der Waals surface area contributed by atoms with E-state index in [4.69, 9.17) is 4.42 Å². The Balaban J connectivity index is 1.01.